The van der Waals surface area contributed by atoms with Crippen LogP contribution in [-0.2, 0) is 17.8 Å². The molecule has 0 fully saturated rings. The third-order valence-electron chi connectivity index (χ3n) is 6.18. The second kappa shape index (κ2) is 11.1. The molecule has 7 nitrogen and oxygen atoms in total. The lowest BCUT2D eigenvalue weighted by Gasteiger charge is -2.19. The van der Waals surface area contributed by atoms with E-state index in [4.69, 9.17) is 15.2 Å². The van der Waals surface area contributed by atoms with Gasteiger partial charge in [-0.05, 0) is 60.7 Å². The number of hydrogen-bond donors (Lipinski definition) is 3. The molecule has 0 aliphatic rings. The van der Waals surface area contributed by atoms with E-state index in [2.05, 4.69) is 4.98 Å². The molecule has 0 aliphatic carbocycles. The number of nitrogens with one attached hydrogen (secondary N) is 1. The zero-order valence-corrected chi connectivity index (χ0v) is 20.4. The summed E-state index contributed by atoms with van der Waals surface area (Å²) in [6, 6.07) is 21.5. The molecule has 36 heavy (non-hydrogen) atoms. The van der Waals surface area contributed by atoms with Crippen LogP contribution in [0.2, 0.25) is 0 Å². The Morgan fingerprint density at radius 1 is 1.00 bits per heavy atom. The van der Waals surface area contributed by atoms with Gasteiger partial charge in [-0.3, -0.25) is 4.79 Å². The van der Waals surface area contributed by atoms with Crippen molar-refractivity contribution in [2.45, 2.75) is 32.9 Å². The molecule has 4 N–H and O–H groups in total. The summed E-state index contributed by atoms with van der Waals surface area (Å²) in [4.78, 5) is 28.3. The Bertz CT molecular complexity index is 1350. The van der Waals surface area contributed by atoms with Crippen molar-refractivity contribution in [3.8, 4) is 11.5 Å². The van der Waals surface area contributed by atoms with Crippen molar-refractivity contribution in [2.75, 3.05) is 6.61 Å². The number of esters is 1. The highest BCUT2D eigenvalue weighted by atomic mass is 16.5. The van der Waals surface area contributed by atoms with Crippen LogP contribution in [0, 0.1) is 5.92 Å². The quantitative estimate of drug-likeness (QED) is 0.214. The highest BCUT2D eigenvalue weighted by molar-refractivity contribution is 6.12. The lowest BCUT2D eigenvalue weighted by atomic mass is 9.88. The van der Waals surface area contributed by atoms with Crippen LogP contribution in [-0.4, -0.2) is 34.5 Å². The van der Waals surface area contributed by atoms with Crippen molar-refractivity contribution < 1.29 is 24.2 Å². The molecule has 4 rings (SSSR count). The van der Waals surface area contributed by atoms with Crippen LogP contribution in [0.4, 0.5) is 0 Å². The minimum Gasteiger partial charge on any atom is -0.506 e. The number of benzene rings is 3. The summed E-state index contributed by atoms with van der Waals surface area (Å²) >= 11 is 0. The lowest BCUT2D eigenvalue weighted by molar-refractivity contribution is 0.0520. The number of H-pyrrole nitrogens is 1. The summed E-state index contributed by atoms with van der Waals surface area (Å²) in [5.41, 5.74) is 9.34. The summed E-state index contributed by atoms with van der Waals surface area (Å²) in [6.45, 7) is 4.35. The van der Waals surface area contributed by atoms with Gasteiger partial charge in [-0.15, -0.1) is 0 Å². The van der Waals surface area contributed by atoms with Gasteiger partial charge in [-0.1, -0.05) is 49.4 Å². The number of rotatable bonds is 10. The van der Waals surface area contributed by atoms with Crippen molar-refractivity contribution >= 4 is 22.7 Å². The second-order valence-corrected chi connectivity index (χ2v) is 8.81. The van der Waals surface area contributed by atoms with E-state index < -0.39 is 12.0 Å². The fraction of sp³-hybridized carbons (Fsp3) is 0.241. The van der Waals surface area contributed by atoms with Crippen LogP contribution in [0.15, 0.2) is 72.8 Å². The van der Waals surface area contributed by atoms with Gasteiger partial charge in [0.15, 0.2) is 5.78 Å². The number of phenols is 1. The summed E-state index contributed by atoms with van der Waals surface area (Å²) in [5.74, 6) is -0.258. The van der Waals surface area contributed by atoms with Gasteiger partial charge in [-0.25, -0.2) is 4.79 Å². The zero-order chi connectivity index (χ0) is 25.7. The van der Waals surface area contributed by atoms with Crippen LogP contribution in [0.3, 0.4) is 0 Å². The third-order valence-corrected chi connectivity index (χ3v) is 6.18. The normalized spacial score (nSPS) is 12.8. The number of Topliss-reactive ketones (excluding diaryl/α,β-unsaturated/α-hetero) is 1. The van der Waals surface area contributed by atoms with E-state index in [1.165, 1.54) is 18.2 Å². The Morgan fingerprint density at radius 3 is 2.42 bits per heavy atom. The molecule has 3 aromatic carbocycles. The molecule has 2 atom stereocenters. The summed E-state index contributed by atoms with van der Waals surface area (Å²) < 4.78 is 10.9. The monoisotopic (exact) mass is 486 g/mol. The number of ether oxygens (including phenoxy) is 2. The number of ketones is 1. The van der Waals surface area contributed by atoms with Gasteiger partial charge in [0.2, 0.25) is 0 Å². The van der Waals surface area contributed by atoms with Crippen molar-refractivity contribution in [3.63, 3.8) is 0 Å². The summed E-state index contributed by atoms with van der Waals surface area (Å²) in [6.07, 6.45) is 0.605. The molecule has 1 aromatic heterocycles. The molecule has 7 heteroatoms. The van der Waals surface area contributed by atoms with E-state index in [0.717, 1.165) is 16.9 Å². The second-order valence-electron chi connectivity index (χ2n) is 8.81. The Kier molecular flexibility index (Phi) is 7.71. The van der Waals surface area contributed by atoms with Gasteiger partial charge >= 0.3 is 5.97 Å². The molecular formula is C29H30N2O5. The maximum absolute atomic E-state index is 13.3. The van der Waals surface area contributed by atoms with Crippen molar-refractivity contribution in [3.05, 3.63) is 95.2 Å². The average Bonchev–Trinajstić information content (AvgIpc) is 3.35. The maximum Gasteiger partial charge on any atom is 0.354 e. The molecule has 186 valence electrons. The van der Waals surface area contributed by atoms with Gasteiger partial charge in [-0.2, -0.15) is 0 Å². The molecule has 0 aliphatic heterocycles. The van der Waals surface area contributed by atoms with E-state index >= 15 is 0 Å². The largest absolute Gasteiger partial charge is 0.506 e. The van der Waals surface area contributed by atoms with E-state index in [0.29, 0.717) is 29.5 Å². The Hall–Kier alpha value is -4.10. The molecule has 0 bridgehead atoms. The fourth-order valence-electron chi connectivity index (χ4n) is 4.14. The van der Waals surface area contributed by atoms with Crippen LogP contribution in [0.25, 0.3) is 10.9 Å². The van der Waals surface area contributed by atoms with Crippen molar-refractivity contribution in [2.24, 2.45) is 11.7 Å². The highest BCUT2D eigenvalue weighted by Gasteiger charge is 2.26. The first-order valence-corrected chi connectivity index (χ1v) is 11.9. The predicted octanol–water partition coefficient (Wildman–Crippen LogP) is 5.02. The minimum atomic E-state index is -0.771. The number of fused-ring (bicyclic) bond motifs is 1. The van der Waals surface area contributed by atoms with Crippen molar-refractivity contribution in [1.29, 1.82) is 0 Å². The number of aromatic hydroxyl groups is 1. The van der Waals surface area contributed by atoms with Gasteiger partial charge in [0.05, 0.1) is 18.2 Å². The number of phenolic OH excluding ortho intramolecular Hbond substituents is 1. The third kappa shape index (κ3) is 5.58. The SMILES string of the molecule is CCOC(=O)c1cc2c(C(=O)C(N)C(C)Cc3ccc(OCc4ccccc4)cc3)ccc(O)c2[nH]1. The van der Waals surface area contributed by atoms with Crippen LogP contribution in [0.1, 0.15) is 45.8 Å². The number of carbonyl (C=O) groups is 2. The Balaban J connectivity index is 1.44. The smallest absolute Gasteiger partial charge is 0.354 e. The van der Waals surface area contributed by atoms with Crippen LogP contribution in [0.5, 0.6) is 11.5 Å². The number of aromatic nitrogens is 1. The highest BCUT2D eigenvalue weighted by Crippen LogP contribution is 2.30. The van der Waals surface area contributed by atoms with Gasteiger partial charge in [0, 0.05) is 10.9 Å². The molecule has 0 saturated heterocycles. The Labute approximate surface area is 209 Å². The first-order chi connectivity index (χ1) is 17.4. The fourth-order valence-corrected chi connectivity index (χ4v) is 4.14. The topological polar surface area (TPSA) is 115 Å². The molecule has 2 unspecified atom stereocenters. The molecule has 0 spiro atoms. The zero-order valence-electron chi connectivity index (χ0n) is 20.4. The molecule has 4 aromatic rings. The molecule has 1 heterocycles. The standard InChI is InChI=1S/C29H30N2O5/c1-3-35-29(34)24-16-23-22(13-14-25(32)27(23)31-24)28(33)26(30)18(2)15-19-9-11-21(12-10-19)36-17-20-7-5-4-6-8-20/h4-14,16,18,26,31-32H,3,15,17,30H2,1-2H3. The minimum absolute atomic E-state index is 0.0618. The Morgan fingerprint density at radius 2 is 1.72 bits per heavy atom. The van der Waals surface area contributed by atoms with Crippen molar-refractivity contribution in [1.82, 2.24) is 4.98 Å². The van der Waals surface area contributed by atoms with Gasteiger partial charge in [0.1, 0.15) is 23.8 Å². The summed E-state index contributed by atoms with van der Waals surface area (Å²) in [7, 11) is 0. The predicted molar refractivity (Wildman–Crippen MR) is 138 cm³/mol. The molecule has 0 saturated carbocycles. The van der Waals surface area contributed by atoms with Crippen LogP contribution < -0.4 is 10.5 Å². The first kappa shape index (κ1) is 25.0. The molecule has 0 radical (unpaired) electrons. The van der Waals surface area contributed by atoms with Crippen LogP contribution >= 0.6 is 0 Å². The average molecular weight is 487 g/mol. The number of hydrogen-bond acceptors (Lipinski definition) is 6. The van der Waals surface area contributed by atoms with Gasteiger partial charge in [0.25, 0.3) is 0 Å². The van der Waals surface area contributed by atoms with E-state index in [9.17, 15) is 14.7 Å². The maximum atomic E-state index is 13.3. The number of aromatic amines is 1. The van der Waals surface area contributed by atoms with E-state index in [1.807, 2.05) is 61.5 Å². The van der Waals surface area contributed by atoms with E-state index in [-0.39, 0.29) is 29.8 Å². The molecule has 0 amide bonds. The van der Waals surface area contributed by atoms with E-state index in [1.54, 1.807) is 6.92 Å². The number of nitrogens with two attached hydrogens (primary N) is 1. The summed E-state index contributed by atoms with van der Waals surface area (Å²) in [5, 5.41) is 10.7. The number of carbonyl (C=O) groups excluding carboxylic acids is 2. The lowest BCUT2D eigenvalue weighted by Crippen LogP contribution is -2.38. The molecular weight excluding hydrogens is 456 g/mol. The first-order valence-electron chi connectivity index (χ1n) is 11.9. The van der Waals surface area contributed by atoms with Gasteiger partial charge < -0.3 is 25.3 Å².